The van der Waals surface area contributed by atoms with Crippen molar-refractivity contribution in [2.45, 2.75) is 26.9 Å². The molecule has 0 saturated carbocycles. The average molecular weight is 223 g/mol. The van der Waals surface area contributed by atoms with Crippen molar-refractivity contribution in [3.63, 3.8) is 0 Å². The van der Waals surface area contributed by atoms with Gasteiger partial charge in [0.05, 0.1) is 0 Å². The summed E-state index contributed by atoms with van der Waals surface area (Å²) in [7, 11) is 0. The van der Waals surface area contributed by atoms with Crippen molar-refractivity contribution in [2.24, 2.45) is 0 Å². The van der Waals surface area contributed by atoms with Crippen LogP contribution in [0.5, 0.6) is 0 Å². The minimum Gasteiger partial charge on any atom is -0.309 e. The molecule has 0 amide bonds. The first-order chi connectivity index (χ1) is 8.24. The molecule has 0 bridgehead atoms. The lowest BCUT2D eigenvalue weighted by molar-refractivity contribution is 0.765. The van der Waals surface area contributed by atoms with Gasteiger partial charge in [-0.15, -0.1) is 0 Å². The third kappa shape index (κ3) is 1.87. The van der Waals surface area contributed by atoms with Crippen molar-refractivity contribution < 1.29 is 0 Å². The first-order valence-electron chi connectivity index (χ1n) is 6.14. The van der Waals surface area contributed by atoms with Crippen LogP contribution >= 0.6 is 0 Å². The molecule has 1 nitrogen and oxygen atoms in total. The second kappa shape index (κ2) is 4.01. The standard InChI is InChI=1S/C16H17N/c1-11-3-6-16(12(2)7-11)13-4-5-14-9-17-10-15(14)8-13/h3-8,17H,9-10H2,1-2H3. The van der Waals surface area contributed by atoms with Crippen molar-refractivity contribution in [3.05, 3.63) is 58.7 Å². The number of benzene rings is 2. The summed E-state index contributed by atoms with van der Waals surface area (Å²) in [5, 5.41) is 3.39. The topological polar surface area (TPSA) is 12.0 Å². The van der Waals surface area contributed by atoms with Crippen molar-refractivity contribution in [1.29, 1.82) is 0 Å². The summed E-state index contributed by atoms with van der Waals surface area (Å²) in [5.41, 5.74) is 8.27. The van der Waals surface area contributed by atoms with E-state index in [0.717, 1.165) is 13.1 Å². The van der Waals surface area contributed by atoms with Crippen LogP contribution in [0.1, 0.15) is 22.3 Å². The van der Waals surface area contributed by atoms with Gasteiger partial charge in [0.25, 0.3) is 0 Å². The van der Waals surface area contributed by atoms with E-state index in [2.05, 4.69) is 55.6 Å². The van der Waals surface area contributed by atoms with Gasteiger partial charge in [-0.05, 0) is 47.7 Å². The smallest absolute Gasteiger partial charge is 0.0212 e. The predicted molar refractivity (Wildman–Crippen MR) is 71.9 cm³/mol. The lowest BCUT2D eigenvalue weighted by Crippen LogP contribution is -1.99. The molecule has 1 heterocycles. The zero-order chi connectivity index (χ0) is 11.8. The van der Waals surface area contributed by atoms with Crippen LogP contribution < -0.4 is 5.32 Å². The van der Waals surface area contributed by atoms with E-state index in [1.54, 1.807) is 0 Å². The Balaban J connectivity index is 2.09. The van der Waals surface area contributed by atoms with Crippen LogP contribution in [0.2, 0.25) is 0 Å². The molecule has 1 heteroatoms. The van der Waals surface area contributed by atoms with Crippen molar-refractivity contribution in [3.8, 4) is 11.1 Å². The van der Waals surface area contributed by atoms with E-state index in [9.17, 15) is 0 Å². The number of hydrogen-bond acceptors (Lipinski definition) is 1. The highest BCUT2D eigenvalue weighted by atomic mass is 14.9. The maximum Gasteiger partial charge on any atom is 0.0212 e. The summed E-state index contributed by atoms with van der Waals surface area (Å²) in [6.07, 6.45) is 0. The maximum absolute atomic E-state index is 3.39. The number of rotatable bonds is 1. The van der Waals surface area contributed by atoms with E-state index in [0.29, 0.717) is 0 Å². The highest BCUT2D eigenvalue weighted by Crippen LogP contribution is 2.27. The molecule has 1 aliphatic heterocycles. The molecule has 0 atom stereocenters. The van der Waals surface area contributed by atoms with E-state index in [4.69, 9.17) is 0 Å². The van der Waals surface area contributed by atoms with Crippen LogP contribution in [0, 0.1) is 13.8 Å². The zero-order valence-corrected chi connectivity index (χ0v) is 10.4. The molecule has 0 radical (unpaired) electrons. The highest BCUT2D eigenvalue weighted by Gasteiger charge is 2.11. The fraction of sp³-hybridized carbons (Fsp3) is 0.250. The summed E-state index contributed by atoms with van der Waals surface area (Å²) >= 11 is 0. The molecular formula is C16H17N. The Hall–Kier alpha value is -1.60. The molecule has 0 aromatic heterocycles. The van der Waals surface area contributed by atoms with Gasteiger partial charge in [0, 0.05) is 13.1 Å². The molecule has 1 aliphatic rings. The summed E-state index contributed by atoms with van der Waals surface area (Å²) in [6, 6.07) is 13.5. The minimum absolute atomic E-state index is 1.01. The fourth-order valence-electron chi connectivity index (χ4n) is 2.60. The Morgan fingerprint density at radius 3 is 2.53 bits per heavy atom. The zero-order valence-electron chi connectivity index (χ0n) is 10.4. The lowest BCUT2D eigenvalue weighted by Gasteiger charge is -2.09. The van der Waals surface area contributed by atoms with Gasteiger partial charge in [-0.2, -0.15) is 0 Å². The van der Waals surface area contributed by atoms with Gasteiger partial charge < -0.3 is 5.32 Å². The maximum atomic E-state index is 3.39. The van der Waals surface area contributed by atoms with Gasteiger partial charge in [0.2, 0.25) is 0 Å². The van der Waals surface area contributed by atoms with Gasteiger partial charge in [0.15, 0.2) is 0 Å². The molecule has 0 saturated heterocycles. The fourth-order valence-corrected chi connectivity index (χ4v) is 2.60. The molecular weight excluding hydrogens is 206 g/mol. The van der Waals surface area contributed by atoms with Gasteiger partial charge in [-0.3, -0.25) is 0 Å². The SMILES string of the molecule is Cc1ccc(-c2ccc3c(c2)CNC3)c(C)c1. The Morgan fingerprint density at radius 2 is 1.71 bits per heavy atom. The van der Waals surface area contributed by atoms with E-state index in [1.165, 1.54) is 33.4 Å². The van der Waals surface area contributed by atoms with Crippen LogP contribution in [-0.4, -0.2) is 0 Å². The van der Waals surface area contributed by atoms with Crippen LogP contribution in [-0.2, 0) is 13.1 Å². The molecule has 2 aromatic carbocycles. The number of hydrogen-bond donors (Lipinski definition) is 1. The quantitative estimate of drug-likeness (QED) is 0.779. The molecule has 2 aromatic rings. The summed E-state index contributed by atoms with van der Waals surface area (Å²) in [5.74, 6) is 0. The summed E-state index contributed by atoms with van der Waals surface area (Å²) < 4.78 is 0. The molecule has 3 rings (SSSR count). The molecule has 0 aliphatic carbocycles. The number of aryl methyl sites for hydroxylation is 2. The summed E-state index contributed by atoms with van der Waals surface area (Å²) in [6.45, 7) is 6.35. The molecule has 0 unspecified atom stereocenters. The van der Waals surface area contributed by atoms with Gasteiger partial charge in [0.1, 0.15) is 0 Å². The third-order valence-corrected chi connectivity index (χ3v) is 3.53. The molecule has 1 N–H and O–H groups in total. The van der Waals surface area contributed by atoms with Crippen molar-refractivity contribution >= 4 is 0 Å². The van der Waals surface area contributed by atoms with Crippen LogP contribution in [0.25, 0.3) is 11.1 Å². The van der Waals surface area contributed by atoms with Gasteiger partial charge in [-0.25, -0.2) is 0 Å². The number of nitrogens with one attached hydrogen (secondary N) is 1. The third-order valence-electron chi connectivity index (χ3n) is 3.53. The van der Waals surface area contributed by atoms with E-state index in [1.807, 2.05) is 0 Å². The van der Waals surface area contributed by atoms with E-state index < -0.39 is 0 Å². The number of fused-ring (bicyclic) bond motifs is 1. The monoisotopic (exact) mass is 223 g/mol. The Bertz CT molecular complexity index is 570. The molecule has 0 fully saturated rings. The Labute approximate surface area is 102 Å². The van der Waals surface area contributed by atoms with Crippen molar-refractivity contribution in [2.75, 3.05) is 0 Å². The van der Waals surface area contributed by atoms with Crippen LogP contribution in [0.4, 0.5) is 0 Å². The largest absolute Gasteiger partial charge is 0.309 e. The highest BCUT2D eigenvalue weighted by molar-refractivity contribution is 5.69. The average Bonchev–Trinajstić information content (AvgIpc) is 2.75. The normalized spacial score (nSPS) is 13.8. The minimum atomic E-state index is 1.01. The molecule has 0 spiro atoms. The first-order valence-corrected chi connectivity index (χ1v) is 6.14. The van der Waals surface area contributed by atoms with Gasteiger partial charge in [-0.1, -0.05) is 35.9 Å². The molecule has 17 heavy (non-hydrogen) atoms. The van der Waals surface area contributed by atoms with E-state index >= 15 is 0 Å². The molecule has 86 valence electrons. The lowest BCUT2D eigenvalue weighted by atomic mass is 9.96. The summed E-state index contributed by atoms with van der Waals surface area (Å²) in [4.78, 5) is 0. The predicted octanol–water partition coefficient (Wildman–Crippen LogP) is 3.57. The van der Waals surface area contributed by atoms with Gasteiger partial charge >= 0.3 is 0 Å². The van der Waals surface area contributed by atoms with Crippen LogP contribution in [0.15, 0.2) is 36.4 Å². The second-order valence-electron chi connectivity index (χ2n) is 4.91. The Morgan fingerprint density at radius 1 is 0.882 bits per heavy atom. The second-order valence-corrected chi connectivity index (χ2v) is 4.91. The van der Waals surface area contributed by atoms with Crippen LogP contribution in [0.3, 0.4) is 0 Å². The Kier molecular flexibility index (Phi) is 2.49. The van der Waals surface area contributed by atoms with E-state index in [-0.39, 0.29) is 0 Å². The first kappa shape index (κ1) is 10.5. The van der Waals surface area contributed by atoms with Crippen molar-refractivity contribution in [1.82, 2.24) is 5.32 Å².